The van der Waals surface area contributed by atoms with Crippen LogP contribution in [0, 0.1) is 0 Å². The molecule has 0 fully saturated rings. The lowest BCUT2D eigenvalue weighted by molar-refractivity contribution is -0.119. The number of unbranched alkanes of at least 4 members (excludes halogenated alkanes) is 22. The van der Waals surface area contributed by atoms with Gasteiger partial charge in [0, 0.05) is 37.6 Å². The average molecular weight is 977 g/mol. The van der Waals surface area contributed by atoms with Crippen molar-refractivity contribution in [3.8, 4) is 0 Å². The van der Waals surface area contributed by atoms with Crippen LogP contribution in [0.4, 0.5) is 0 Å². The zero-order valence-electron chi connectivity index (χ0n) is 43.8. The molecule has 0 spiro atoms. The standard InChI is InChI=1S/C54H108N2O12/c1-5-9-13-17-21-25-29-33-45(31-27-23-19-15-11-7-3)55(41-47(59)51(63)53(65)49(61)43-57)35-37-67-39-40-68-38-36-56(42-48(60)52(64)54(66)50(62)44-58)46(32-28-24-20-16-12-8-4)34-30-26-22-18-14-10-6-2/h33-34,47-54,57-66H,5-32,35-44H2,1-4H3/b45-33-,46-34-/t47-,48-,49-,50-,51-,52-,53-,54-/m1/s1. The summed E-state index contributed by atoms with van der Waals surface area (Å²) in [5.41, 5.74) is 2.12. The van der Waals surface area contributed by atoms with Crippen molar-refractivity contribution >= 4 is 0 Å². The minimum Gasteiger partial charge on any atom is -0.394 e. The van der Waals surface area contributed by atoms with Crippen LogP contribution in [0.25, 0.3) is 0 Å². The molecule has 10 N–H and O–H groups in total. The molecule has 0 aliphatic carbocycles. The van der Waals surface area contributed by atoms with Crippen LogP contribution in [0.3, 0.4) is 0 Å². The summed E-state index contributed by atoms with van der Waals surface area (Å²) in [6.07, 6.45) is 22.9. The first-order valence-corrected chi connectivity index (χ1v) is 27.6. The Labute approximate surface area is 414 Å². The van der Waals surface area contributed by atoms with Gasteiger partial charge >= 0.3 is 0 Å². The number of hydrogen-bond donors (Lipinski definition) is 10. The van der Waals surface area contributed by atoms with E-state index in [0.29, 0.717) is 39.5 Å². The maximum absolute atomic E-state index is 11.1. The second-order valence-electron chi connectivity index (χ2n) is 19.3. The normalized spacial score (nSPS) is 16.1. The SMILES string of the molecule is CCCCCCCC/C=C(/CCCCCCCC)N(CCOCCOCCN(C[C@@H](O)[C@@H](O)[C@H](O)[C@H](O)CO)/C(=C\CCCCCCCC)CCCCCCCC)C[C@@H](O)[C@@H](O)[C@H](O)[C@H](O)CO. The van der Waals surface area contributed by atoms with E-state index < -0.39 is 62.0 Å². The van der Waals surface area contributed by atoms with Crippen molar-refractivity contribution in [2.24, 2.45) is 0 Å². The Hall–Kier alpha value is -1.40. The summed E-state index contributed by atoms with van der Waals surface area (Å²) in [6, 6.07) is 0. The third-order valence-electron chi connectivity index (χ3n) is 13.1. The van der Waals surface area contributed by atoms with Crippen LogP contribution >= 0.6 is 0 Å². The van der Waals surface area contributed by atoms with Crippen LogP contribution in [-0.4, -0.2) is 176 Å². The molecule has 0 bridgehead atoms. The molecule has 0 aliphatic heterocycles. The van der Waals surface area contributed by atoms with Gasteiger partial charge in [-0.2, -0.15) is 0 Å². The topological polar surface area (TPSA) is 227 Å². The van der Waals surface area contributed by atoms with Crippen LogP contribution < -0.4 is 0 Å². The van der Waals surface area contributed by atoms with Gasteiger partial charge in [-0.3, -0.25) is 0 Å². The number of aliphatic hydroxyl groups is 10. The number of aliphatic hydroxyl groups excluding tert-OH is 10. The average Bonchev–Trinajstić information content (AvgIpc) is 3.34. The van der Waals surface area contributed by atoms with Crippen LogP contribution in [-0.2, 0) is 9.47 Å². The second-order valence-corrected chi connectivity index (χ2v) is 19.3. The maximum Gasteiger partial charge on any atom is 0.111 e. The Balaban J connectivity index is 5.98. The summed E-state index contributed by atoms with van der Waals surface area (Å²) in [5.74, 6) is 0. The van der Waals surface area contributed by atoms with Crippen LogP contribution in [0.2, 0.25) is 0 Å². The van der Waals surface area contributed by atoms with Gasteiger partial charge in [0.2, 0.25) is 0 Å². The van der Waals surface area contributed by atoms with Gasteiger partial charge in [0.15, 0.2) is 0 Å². The Morgan fingerprint density at radius 3 is 0.956 bits per heavy atom. The molecule has 0 unspecified atom stereocenters. The molecule has 0 saturated carbocycles. The first-order valence-electron chi connectivity index (χ1n) is 27.6. The fraction of sp³-hybridized carbons (Fsp3) is 0.926. The quantitative estimate of drug-likeness (QED) is 0.0271. The highest BCUT2D eigenvalue weighted by Crippen LogP contribution is 2.22. The molecule has 68 heavy (non-hydrogen) atoms. The number of allylic oxidation sites excluding steroid dienone is 4. The summed E-state index contributed by atoms with van der Waals surface area (Å²) in [5, 5.41) is 103. The molecule has 0 aliphatic rings. The van der Waals surface area contributed by atoms with Gasteiger partial charge in [0.05, 0.1) is 51.8 Å². The van der Waals surface area contributed by atoms with Crippen molar-refractivity contribution in [1.29, 1.82) is 0 Å². The van der Waals surface area contributed by atoms with Crippen LogP contribution in [0.15, 0.2) is 23.5 Å². The summed E-state index contributed by atoms with van der Waals surface area (Å²) >= 11 is 0. The molecule has 0 aromatic carbocycles. The first-order chi connectivity index (χ1) is 32.9. The molecule has 0 rings (SSSR count). The predicted molar refractivity (Wildman–Crippen MR) is 275 cm³/mol. The molecule has 0 aromatic rings. The van der Waals surface area contributed by atoms with Gasteiger partial charge in [0.1, 0.15) is 36.6 Å². The van der Waals surface area contributed by atoms with Crippen LogP contribution in [0.5, 0.6) is 0 Å². The van der Waals surface area contributed by atoms with Gasteiger partial charge in [-0.15, -0.1) is 0 Å². The van der Waals surface area contributed by atoms with Gasteiger partial charge in [0.25, 0.3) is 0 Å². The van der Waals surface area contributed by atoms with E-state index in [0.717, 1.165) is 101 Å². The second kappa shape index (κ2) is 46.7. The molecule has 0 amide bonds. The summed E-state index contributed by atoms with van der Waals surface area (Å²) in [7, 11) is 0. The van der Waals surface area contributed by atoms with Crippen molar-refractivity contribution in [3.05, 3.63) is 23.5 Å². The van der Waals surface area contributed by atoms with E-state index in [-0.39, 0.29) is 13.1 Å². The van der Waals surface area contributed by atoms with Crippen molar-refractivity contribution in [2.45, 2.75) is 256 Å². The molecule has 0 aromatic heterocycles. The van der Waals surface area contributed by atoms with E-state index in [1.165, 1.54) is 89.9 Å². The van der Waals surface area contributed by atoms with Gasteiger partial charge in [-0.1, -0.05) is 168 Å². The van der Waals surface area contributed by atoms with Crippen molar-refractivity contribution in [2.75, 3.05) is 65.8 Å². The summed E-state index contributed by atoms with van der Waals surface area (Å²) in [4.78, 5) is 4.04. The zero-order chi connectivity index (χ0) is 50.6. The first kappa shape index (κ1) is 66.6. The number of ether oxygens (including phenoxy) is 2. The summed E-state index contributed by atoms with van der Waals surface area (Å²) < 4.78 is 12.2. The van der Waals surface area contributed by atoms with E-state index >= 15 is 0 Å². The smallest absolute Gasteiger partial charge is 0.111 e. The van der Waals surface area contributed by atoms with E-state index in [1.54, 1.807) is 0 Å². The summed E-state index contributed by atoms with van der Waals surface area (Å²) in [6.45, 7) is 9.38. The largest absolute Gasteiger partial charge is 0.394 e. The third-order valence-corrected chi connectivity index (χ3v) is 13.1. The van der Waals surface area contributed by atoms with E-state index in [1.807, 2.05) is 9.80 Å². The molecule has 0 saturated heterocycles. The Morgan fingerprint density at radius 2 is 0.647 bits per heavy atom. The van der Waals surface area contributed by atoms with Crippen molar-refractivity contribution in [3.63, 3.8) is 0 Å². The van der Waals surface area contributed by atoms with Crippen molar-refractivity contribution in [1.82, 2.24) is 9.80 Å². The number of nitrogens with zero attached hydrogens (tertiary/aromatic N) is 2. The Morgan fingerprint density at radius 1 is 0.368 bits per heavy atom. The van der Waals surface area contributed by atoms with E-state index in [4.69, 9.17) is 9.47 Å². The minimum atomic E-state index is -1.71. The Bertz CT molecular complexity index is 1070. The van der Waals surface area contributed by atoms with Gasteiger partial charge in [-0.05, 0) is 51.4 Å². The van der Waals surface area contributed by atoms with Gasteiger partial charge in [-0.25, -0.2) is 0 Å². The van der Waals surface area contributed by atoms with E-state index in [9.17, 15) is 51.1 Å². The molecule has 8 atom stereocenters. The minimum absolute atomic E-state index is 0.00816. The molecule has 0 radical (unpaired) electrons. The fourth-order valence-electron chi connectivity index (χ4n) is 8.51. The lowest BCUT2D eigenvalue weighted by Crippen LogP contribution is -2.50. The zero-order valence-corrected chi connectivity index (χ0v) is 43.8. The predicted octanol–water partition coefficient (Wildman–Crippen LogP) is 7.27. The third kappa shape index (κ3) is 34.1. The highest BCUT2D eigenvalue weighted by Gasteiger charge is 2.33. The maximum atomic E-state index is 11.1. The highest BCUT2D eigenvalue weighted by atomic mass is 16.5. The molecule has 0 heterocycles. The number of hydrogen-bond acceptors (Lipinski definition) is 14. The number of rotatable bonds is 51. The van der Waals surface area contributed by atoms with Crippen LogP contribution in [0.1, 0.15) is 207 Å². The van der Waals surface area contributed by atoms with E-state index in [2.05, 4.69) is 39.8 Å². The molecular weight excluding hydrogens is 869 g/mol. The molecule has 14 nitrogen and oxygen atoms in total. The molecular formula is C54H108N2O12. The Kier molecular flexibility index (Phi) is 45.7. The lowest BCUT2D eigenvalue weighted by Gasteiger charge is -2.33. The van der Waals surface area contributed by atoms with Crippen molar-refractivity contribution < 1.29 is 60.5 Å². The fourth-order valence-corrected chi connectivity index (χ4v) is 8.51. The van der Waals surface area contributed by atoms with Gasteiger partial charge < -0.3 is 70.3 Å². The monoisotopic (exact) mass is 977 g/mol. The highest BCUT2D eigenvalue weighted by molar-refractivity contribution is 5.04. The lowest BCUT2D eigenvalue weighted by atomic mass is 10.0. The molecule has 406 valence electrons. The molecule has 14 heteroatoms.